The number of hydrogen-bond acceptors (Lipinski definition) is 3. The normalized spacial score (nSPS) is 15.9. The van der Waals surface area contributed by atoms with Crippen LogP contribution in [0.2, 0.25) is 0 Å². The van der Waals surface area contributed by atoms with Gasteiger partial charge in [-0.1, -0.05) is 118 Å². The molecule has 4 unspecified atom stereocenters. The number of unbranched alkanes of at least 4 members (excludes halogenated alkanes) is 11. The van der Waals surface area contributed by atoms with Gasteiger partial charge in [0.25, 0.3) is 0 Å². The summed E-state index contributed by atoms with van der Waals surface area (Å²) in [7, 11) is 0. The van der Waals surface area contributed by atoms with Gasteiger partial charge in [0.15, 0.2) is 0 Å². The zero-order valence-electron chi connectivity index (χ0n) is 22.1. The van der Waals surface area contributed by atoms with E-state index >= 15 is 0 Å². The SMILES string of the molecule is CCCCCCCCCCCCCCN(CC(O)CC(C)CC)CC(O)CC(C)CC. The van der Waals surface area contributed by atoms with Gasteiger partial charge in [-0.05, 0) is 37.6 Å². The summed E-state index contributed by atoms with van der Waals surface area (Å²) in [6.07, 6.45) is 19.8. The molecule has 0 aromatic heterocycles. The maximum Gasteiger partial charge on any atom is 0.0669 e. The molecule has 0 rings (SSSR count). The molecule has 0 aromatic carbocycles. The second-order valence-electron chi connectivity index (χ2n) is 10.5. The zero-order chi connectivity index (χ0) is 23.3. The Kier molecular flexibility index (Phi) is 21.6. The third-order valence-corrected chi connectivity index (χ3v) is 7.01. The van der Waals surface area contributed by atoms with Crippen molar-refractivity contribution < 1.29 is 10.2 Å². The Balaban J connectivity index is 4.06. The molecule has 0 radical (unpaired) electrons. The molecule has 0 aliphatic heterocycles. The van der Waals surface area contributed by atoms with Gasteiger partial charge in [-0.2, -0.15) is 0 Å². The molecule has 0 fully saturated rings. The van der Waals surface area contributed by atoms with Crippen molar-refractivity contribution in [2.75, 3.05) is 19.6 Å². The number of nitrogens with zero attached hydrogens (tertiary/aromatic N) is 1. The van der Waals surface area contributed by atoms with Crippen molar-refractivity contribution in [1.29, 1.82) is 0 Å². The molecule has 4 atom stereocenters. The topological polar surface area (TPSA) is 43.7 Å². The highest BCUT2D eigenvalue weighted by molar-refractivity contribution is 4.72. The molecule has 0 heterocycles. The molecule has 0 saturated carbocycles. The van der Waals surface area contributed by atoms with E-state index in [1.54, 1.807) is 0 Å². The molecule has 3 nitrogen and oxygen atoms in total. The summed E-state index contributed by atoms with van der Waals surface area (Å²) in [5, 5.41) is 21.1. The summed E-state index contributed by atoms with van der Waals surface area (Å²) in [5.41, 5.74) is 0. The monoisotopic (exact) mass is 441 g/mol. The fraction of sp³-hybridized carbons (Fsp3) is 1.00. The Bertz CT molecular complexity index is 343. The van der Waals surface area contributed by atoms with Gasteiger partial charge in [0.1, 0.15) is 0 Å². The van der Waals surface area contributed by atoms with Crippen LogP contribution in [0.15, 0.2) is 0 Å². The summed E-state index contributed by atoms with van der Waals surface area (Å²) in [5.74, 6) is 1.13. The van der Waals surface area contributed by atoms with E-state index in [0.29, 0.717) is 24.9 Å². The van der Waals surface area contributed by atoms with Crippen LogP contribution in [0.5, 0.6) is 0 Å². The van der Waals surface area contributed by atoms with Crippen molar-refractivity contribution in [3.05, 3.63) is 0 Å². The van der Waals surface area contributed by atoms with Gasteiger partial charge in [0.2, 0.25) is 0 Å². The predicted molar refractivity (Wildman–Crippen MR) is 138 cm³/mol. The quantitative estimate of drug-likeness (QED) is 0.161. The van der Waals surface area contributed by atoms with Gasteiger partial charge in [-0.25, -0.2) is 0 Å². The van der Waals surface area contributed by atoms with Crippen LogP contribution in [-0.2, 0) is 0 Å². The van der Waals surface area contributed by atoms with Gasteiger partial charge >= 0.3 is 0 Å². The van der Waals surface area contributed by atoms with E-state index in [1.165, 1.54) is 77.0 Å². The summed E-state index contributed by atoms with van der Waals surface area (Å²) in [6.45, 7) is 13.5. The smallest absolute Gasteiger partial charge is 0.0669 e. The first-order valence-electron chi connectivity index (χ1n) is 14.0. The lowest BCUT2D eigenvalue weighted by molar-refractivity contribution is 0.0502. The Labute approximate surface area is 196 Å². The van der Waals surface area contributed by atoms with Crippen LogP contribution in [0.1, 0.15) is 137 Å². The minimum atomic E-state index is -0.275. The predicted octanol–water partition coefficient (Wildman–Crippen LogP) is 7.58. The molecule has 188 valence electrons. The molecule has 0 aliphatic rings. The fourth-order valence-corrected chi connectivity index (χ4v) is 4.44. The molecule has 2 N–H and O–H groups in total. The Morgan fingerprint density at radius 1 is 0.548 bits per heavy atom. The summed E-state index contributed by atoms with van der Waals surface area (Å²) in [6, 6.07) is 0. The van der Waals surface area contributed by atoms with Gasteiger partial charge in [0, 0.05) is 13.1 Å². The van der Waals surface area contributed by atoms with Crippen LogP contribution < -0.4 is 0 Å². The molecule has 0 aromatic rings. The molecular formula is C28H59NO2. The van der Waals surface area contributed by atoms with Crippen molar-refractivity contribution in [1.82, 2.24) is 4.90 Å². The summed E-state index contributed by atoms with van der Waals surface area (Å²) in [4.78, 5) is 2.33. The highest BCUT2D eigenvalue weighted by Gasteiger charge is 2.18. The van der Waals surface area contributed by atoms with Gasteiger partial charge < -0.3 is 10.2 Å². The van der Waals surface area contributed by atoms with Crippen molar-refractivity contribution >= 4 is 0 Å². The summed E-state index contributed by atoms with van der Waals surface area (Å²) >= 11 is 0. The first-order chi connectivity index (χ1) is 14.9. The highest BCUT2D eigenvalue weighted by atomic mass is 16.3. The lowest BCUT2D eigenvalue weighted by Gasteiger charge is -2.29. The van der Waals surface area contributed by atoms with Crippen molar-refractivity contribution in [3.8, 4) is 0 Å². The van der Waals surface area contributed by atoms with Crippen molar-refractivity contribution in [2.45, 2.75) is 150 Å². The van der Waals surface area contributed by atoms with Gasteiger partial charge in [-0.15, -0.1) is 0 Å². The minimum Gasteiger partial charge on any atom is -0.392 e. The Morgan fingerprint density at radius 3 is 1.26 bits per heavy atom. The number of aliphatic hydroxyl groups excluding tert-OH is 2. The van der Waals surface area contributed by atoms with E-state index < -0.39 is 0 Å². The lowest BCUT2D eigenvalue weighted by Crippen LogP contribution is -2.39. The Hall–Kier alpha value is -0.120. The van der Waals surface area contributed by atoms with E-state index in [-0.39, 0.29) is 12.2 Å². The van der Waals surface area contributed by atoms with E-state index in [0.717, 1.165) is 32.2 Å². The van der Waals surface area contributed by atoms with Crippen molar-refractivity contribution in [2.24, 2.45) is 11.8 Å². The largest absolute Gasteiger partial charge is 0.392 e. The van der Waals surface area contributed by atoms with Crippen LogP contribution in [0.3, 0.4) is 0 Å². The highest BCUT2D eigenvalue weighted by Crippen LogP contribution is 2.16. The van der Waals surface area contributed by atoms with E-state index in [9.17, 15) is 10.2 Å². The fourth-order valence-electron chi connectivity index (χ4n) is 4.44. The first-order valence-corrected chi connectivity index (χ1v) is 14.0. The maximum atomic E-state index is 10.5. The van der Waals surface area contributed by atoms with Crippen LogP contribution in [0.25, 0.3) is 0 Å². The molecule has 0 saturated heterocycles. The second-order valence-corrected chi connectivity index (χ2v) is 10.5. The van der Waals surface area contributed by atoms with E-state index in [2.05, 4.69) is 39.5 Å². The van der Waals surface area contributed by atoms with Gasteiger partial charge in [0.05, 0.1) is 12.2 Å². The minimum absolute atomic E-state index is 0.275. The Morgan fingerprint density at radius 2 is 0.903 bits per heavy atom. The first kappa shape index (κ1) is 30.9. The van der Waals surface area contributed by atoms with Gasteiger partial charge in [-0.3, -0.25) is 4.90 Å². The molecule has 0 amide bonds. The lowest BCUT2D eigenvalue weighted by atomic mass is 9.99. The van der Waals surface area contributed by atoms with E-state index in [4.69, 9.17) is 0 Å². The standard InChI is InChI=1S/C28H59NO2/c1-6-9-10-11-12-13-14-15-16-17-18-19-20-29(23-27(30)21-25(4)7-2)24-28(31)22-26(5)8-3/h25-28,30-31H,6-24H2,1-5H3. The average Bonchev–Trinajstić information content (AvgIpc) is 2.73. The molecular weight excluding hydrogens is 382 g/mol. The van der Waals surface area contributed by atoms with Crippen LogP contribution >= 0.6 is 0 Å². The zero-order valence-corrected chi connectivity index (χ0v) is 22.1. The third-order valence-electron chi connectivity index (χ3n) is 7.01. The van der Waals surface area contributed by atoms with E-state index in [1.807, 2.05) is 0 Å². The average molecular weight is 442 g/mol. The van der Waals surface area contributed by atoms with Crippen LogP contribution in [0, 0.1) is 11.8 Å². The number of hydrogen-bond donors (Lipinski definition) is 2. The summed E-state index contributed by atoms with van der Waals surface area (Å²) < 4.78 is 0. The number of rotatable bonds is 23. The maximum absolute atomic E-state index is 10.5. The molecule has 3 heteroatoms. The molecule has 0 spiro atoms. The van der Waals surface area contributed by atoms with Crippen LogP contribution in [-0.4, -0.2) is 47.0 Å². The third kappa shape index (κ3) is 20.2. The van der Waals surface area contributed by atoms with Crippen molar-refractivity contribution in [3.63, 3.8) is 0 Å². The molecule has 0 bridgehead atoms. The molecule has 0 aliphatic carbocycles. The molecule has 31 heavy (non-hydrogen) atoms. The van der Waals surface area contributed by atoms with Crippen LogP contribution in [0.4, 0.5) is 0 Å². The number of aliphatic hydroxyl groups is 2. The second kappa shape index (κ2) is 21.7.